The number of rotatable bonds is 4. The summed E-state index contributed by atoms with van der Waals surface area (Å²) in [5.41, 5.74) is 0.984. The Bertz CT molecular complexity index is 638. The predicted octanol–water partition coefficient (Wildman–Crippen LogP) is 3.32. The van der Waals surface area contributed by atoms with Crippen LogP contribution in [-0.2, 0) is 9.53 Å². The monoisotopic (exact) mass is 334 g/mol. The maximum atomic E-state index is 12.7. The van der Waals surface area contributed by atoms with E-state index in [2.05, 4.69) is 31.1 Å². The van der Waals surface area contributed by atoms with Crippen LogP contribution < -0.4 is 5.32 Å². The summed E-state index contributed by atoms with van der Waals surface area (Å²) in [6.07, 6.45) is 2.51. The Balaban J connectivity index is 2.27. The molecule has 1 amide bonds. The van der Waals surface area contributed by atoms with E-state index in [1.54, 1.807) is 6.92 Å². The lowest BCUT2D eigenvalue weighted by Crippen LogP contribution is -2.37. The number of esters is 1. The zero-order valence-electron chi connectivity index (χ0n) is 14.9. The molecule has 6 nitrogen and oxygen atoms in total. The van der Waals surface area contributed by atoms with Crippen molar-refractivity contribution in [2.75, 3.05) is 5.32 Å². The zero-order chi connectivity index (χ0) is 18.0. The summed E-state index contributed by atoms with van der Waals surface area (Å²) in [5.74, 6) is 0.574. The van der Waals surface area contributed by atoms with Crippen molar-refractivity contribution in [3.05, 3.63) is 16.8 Å². The second kappa shape index (κ2) is 7.20. The van der Waals surface area contributed by atoms with Crippen LogP contribution in [0.2, 0.25) is 0 Å². The molecular formula is C18H26N2O4. The van der Waals surface area contributed by atoms with E-state index in [0.717, 1.165) is 12.8 Å². The van der Waals surface area contributed by atoms with Crippen LogP contribution in [0.25, 0.3) is 0 Å². The van der Waals surface area contributed by atoms with Gasteiger partial charge in [0.05, 0.1) is 5.69 Å². The topological polar surface area (TPSA) is 88.3 Å². The van der Waals surface area contributed by atoms with Crippen molar-refractivity contribution < 1.29 is 19.1 Å². The number of aromatic nitrogens is 1. The number of aldehydes is 1. The summed E-state index contributed by atoms with van der Waals surface area (Å²) in [7, 11) is 0. The van der Waals surface area contributed by atoms with E-state index in [1.807, 2.05) is 0 Å². The maximum Gasteiger partial charge on any atom is 0.342 e. The molecule has 2 rings (SSSR count). The quantitative estimate of drug-likeness (QED) is 0.653. The lowest BCUT2D eigenvalue weighted by atomic mass is 9.75. The Morgan fingerprint density at radius 1 is 1.21 bits per heavy atom. The number of amides is 1. The summed E-state index contributed by atoms with van der Waals surface area (Å²) in [6, 6.07) is 0. The van der Waals surface area contributed by atoms with Gasteiger partial charge in [0.1, 0.15) is 17.5 Å². The summed E-state index contributed by atoms with van der Waals surface area (Å²) >= 11 is 0. The first-order valence-corrected chi connectivity index (χ1v) is 8.40. The average Bonchev–Trinajstić information content (AvgIpc) is 2.77. The first-order chi connectivity index (χ1) is 11.2. The summed E-state index contributed by atoms with van der Waals surface area (Å²) in [6.45, 7) is 9.42. The number of hydrogen-bond donors (Lipinski definition) is 2. The molecule has 0 bridgehead atoms. The molecule has 0 aliphatic heterocycles. The van der Waals surface area contributed by atoms with E-state index >= 15 is 0 Å². The van der Waals surface area contributed by atoms with Crippen molar-refractivity contribution in [2.45, 2.75) is 53.6 Å². The molecule has 1 heterocycles. The number of ether oxygens (including phenoxy) is 1. The number of hydrogen-bond acceptors (Lipinski definition) is 4. The number of anilines is 1. The molecule has 0 radical (unpaired) electrons. The SMILES string of the molecule is CC(=O)Nc1[nH]c(C=O)c(C)c1C(=O)OC1C(C)CC(C)CC1C. The molecule has 1 saturated carbocycles. The molecule has 2 N–H and O–H groups in total. The van der Waals surface area contributed by atoms with E-state index < -0.39 is 5.97 Å². The van der Waals surface area contributed by atoms with Crippen LogP contribution >= 0.6 is 0 Å². The standard InChI is InChI=1S/C18H26N2O4/c1-9-6-10(2)16(11(3)7-9)24-18(23)15-12(4)14(8-21)20-17(15)19-13(5)22/h8-11,16,20H,6-7H2,1-5H3,(H,19,22). The van der Waals surface area contributed by atoms with Gasteiger partial charge in [-0.25, -0.2) is 4.79 Å². The molecule has 24 heavy (non-hydrogen) atoms. The average molecular weight is 334 g/mol. The van der Waals surface area contributed by atoms with Crippen LogP contribution in [0.4, 0.5) is 5.82 Å². The molecule has 1 aromatic heterocycles. The normalized spacial score (nSPS) is 26.7. The predicted molar refractivity (Wildman–Crippen MR) is 91.2 cm³/mol. The molecular weight excluding hydrogens is 308 g/mol. The van der Waals surface area contributed by atoms with E-state index in [-0.39, 0.29) is 40.9 Å². The van der Waals surface area contributed by atoms with Gasteiger partial charge in [-0.05, 0) is 43.1 Å². The van der Waals surface area contributed by atoms with Crippen LogP contribution in [0.15, 0.2) is 0 Å². The molecule has 0 saturated heterocycles. The van der Waals surface area contributed by atoms with Gasteiger partial charge < -0.3 is 15.0 Å². The fraction of sp³-hybridized carbons (Fsp3) is 0.611. The van der Waals surface area contributed by atoms with Gasteiger partial charge in [-0.3, -0.25) is 9.59 Å². The van der Waals surface area contributed by atoms with E-state index in [9.17, 15) is 14.4 Å². The summed E-state index contributed by atoms with van der Waals surface area (Å²) in [5, 5.41) is 2.56. The third-order valence-electron chi connectivity index (χ3n) is 4.82. The summed E-state index contributed by atoms with van der Waals surface area (Å²) in [4.78, 5) is 38.0. The zero-order valence-corrected chi connectivity index (χ0v) is 14.9. The van der Waals surface area contributed by atoms with Crippen molar-refractivity contribution in [3.8, 4) is 0 Å². The van der Waals surface area contributed by atoms with Crippen LogP contribution in [0.3, 0.4) is 0 Å². The third kappa shape index (κ3) is 3.68. The van der Waals surface area contributed by atoms with Crippen molar-refractivity contribution in [3.63, 3.8) is 0 Å². The van der Waals surface area contributed by atoms with Gasteiger partial charge in [0.2, 0.25) is 5.91 Å². The second-order valence-electron chi connectivity index (χ2n) is 7.11. The smallest absolute Gasteiger partial charge is 0.342 e. The minimum atomic E-state index is -0.501. The molecule has 2 unspecified atom stereocenters. The Morgan fingerprint density at radius 2 is 1.79 bits per heavy atom. The van der Waals surface area contributed by atoms with Gasteiger partial charge in [0.25, 0.3) is 0 Å². The Morgan fingerprint density at radius 3 is 2.29 bits per heavy atom. The second-order valence-corrected chi connectivity index (χ2v) is 7.11. The highest BCUT2D eigenvalue weighted by Gasteiger charge is 2.35. The van der Waals surface area contributed by atoms with Gasteiger partial charge in [-0.2, -0.15) is 0 Å². The number of H-pyrrole nitrogens is 1. The Hall–Kier alpha value is -2.11. The lowest BCUT2D eigenvalue weighted by Gasteiger charge is -2.37. The Labute approximate surface area is 142 Å². The molecule has 1 aliphatic rings. The molecule has 132 valence electrons. The van der Waals surface area contributed by atoms with Gasteiger partial charge >= 0.3 is 5.97 Å². The van der Waals surface area contributed by atoms with Crippen molar-refractivity contribution in [2.24, 2.45) is 17.8 Å². The third-order valence-corrected chi connectivity index (χ3v) is 4.82. The molecule has 6 heteroatoms. The van der Waals surface area contributed by atoms with E-state index in [1.165, 1.54) is 6.92 Å². The van der Waals surface area contributed by atoms with Crippen molar-refractivity contribution in [1.82, 2.24) is 4.98 Å². The number of carbonyl (C=O) groups excluding carboxylic acids is 3. The minimum absolute atomic E-state index is 0.159. The molecule has 0 aromatic carbocycles. The van der Waals surface area contributed by atoms with Gasteiger partial charge in [-0.15, -0.1) is 0 Å². The highest BCUT2D eigenvalue weighted by molar-refractivity contribution is 6.03. The van der Waals surface area contributed by atoms with Crippen LogP contribution in [0.5, 0.6) is 0 Å². The van der Waals surface area contributed by atoms with Gasteiger partial charge in [0, 0.05) is 6.92 Å². The first kappa shape index (κ1) is 18.2. The number of nitrogens with one attached hydrogen (secondary N) is 2. The van der Waals surface area contributed by atoms with Crippen molar-refractivity contribution in [1.29, 1.82) is 0 Å². The largest absolute Gasteiger partial charge is 0.458 e. The molecule has 0 spiro atoms. The highest BCUT2D eigenvalue weighted by Crippen LogP contribution is 2.36. The molecule has 1 aromatic rings. The van der Waals surface area contributed by atoms with Gasteiger partial charge in [0.15, 0.2) is 6.29 Å². The fourth-order valence-electron chi connectivity index (χ4n) is 3.87. The lowest BCUT2D eigenvalue weighted by molar-refractivity contribution is -0.114. The highest BCUT2D eigenvalue weighted by atomic mass is 16.5. The number of carbonyl (C=O) groups is 3. The fourth-order valence-corrected chi connectivity index (χ4v) is 3.87. The first-order valence-electron chi connectivity index (χ1n) is 8.40. The van der Waals surface area contributed by atoms with Crippen LogP contribution in [-0.4, -0.2) is 29.3 Å². The molecule has 1 fully saturated rings. The van der Waals surface area contributed by atoms with Crippen LogP contribution in [0.1, 0.15) is 66.9 Å². The van der Waals surface area contributed by atoms with Crippen molar-refractivity contribution >= 4 is 24.0 Å². The van der Waals surface area contributed by atoms with E-state index in [4.69, 9.17) is 4.74 Å². The minimum Gasteiger partial charge on any atom is -0.458 e. The maximum absolute atomic E-state index is 12.7. The molecule has 1 aliphatic carbocycles. The van der Waals surface area contributed by atoms with Gasteiger partial charge in [-0.1, -0.05) is 20.8 Å². The number of aromatic amines is 1. The van der Waals surface area contributed by atoms with Crippen LogP contribution in [0, 0.1) is 24.7 Å². The molecule has 2 atom stereocenters. The Kier molecular flexibility index (Phi) is 5.47. The van der Waals surface area contributed by atoms with E-state index in [0.29, 0.717) is 17.8 Å². The summed E-state index contributed by atoms with van der Waals surface area (Å²) < 4.78 is 5.78.